The van der Waals surface area contributed by atoms with E-state index in [1.54, 1.807) is 0 Å². The molecule has 4 rings (SSSR count). The summed E-state index contributed by atoms with van der Waals surface area (Å²) in [5.74, 6) is 0.435. The first-order chi connectivity index (χ1) is 14.8. The largest absolute Gasteiger partial charge is 0.300 e. The average molecular weight is 391 g/mol. The smallest absolute Gasteiger partial charge is 0.134 e. The third-order valence-corrected chi connectivity index (χ3v) is 5.67. The van der Waals surface area contributed by atoms with Crippen molar-refractivity contribution < 1.29 is 4.79 Å². The maximum Gasteiger partial charge on any atom is 0.134 e. The SMILES string of the molecule is O=C(CC(c1ccccc1)c1ccccc1)CC(c1ccccc1)c1ccccc1. The highest BCUT2D eigenvalue weighted by atomic mass is 16.1. The monoisotopic (exact) mass is 390 g/mol. The molecule has 30 heavy (non-hydrogen) atoms. The van der Waals surface area contributed by atoms with Crippen LogP contribution in [0.1, 0.15) is 46.9 Å². The minimum atomic E-state index is 0.0760. The van der Waals surface area contributed by atoms with Crippen molar-refractivity contribution >= 4 is 5.78 Å². The molecule has 0 unspecified atom stereocenters. The Labute approximate surface area is 179 Å². The minimum absolute atomic E-state index is 0.0760. The van der Waals surface area contributed by atoms with E-state index in [0.29, 0.717) is 12.8 Å². The Hall–Kier alpha value is -3.45. The van der Waals surface area contributed by atoms with E-state index in [9.17, 15) is 4.79 Å². The van der Waals surface area contributed by atoms with E-state index in [-0.39, 0.29) is 17.6 Å². The summed E-state index contributed by atoms with van der Waals surface area (Å²) in [4.78, 5) is 13.4. The van der Waals surface area contributed by atoms with E-state index >= 15 is 0 Å². The maximum absolute atomic E-state index is 13.4. The van der Waals surface area contributed by atoms with Gasteiger partial charge in [0.25, 0.3) is 0 Å². The molecule has 0 fully saturated rings. The summed E-state index contributed by atoms with van der Waals surface area (Å²) in [5.41, 5.74) is 4.75. The first-order valence-electron chi connectivity index (χ1n) is 10.5. The Balaban J connectivity index is 1.60. The molecule has 148 valence electrons. The van der Waals surface area contributed by atoms with Gasteiger partial charge in [-0.15, -0.1) is 0 Å². The summed E-state index contributed by atoms with van der Waals surface area (Å²) in [6.07, 6.45) is 1.01. The summed E-state index contributed by atoms with van der Waals surface area (Å²) in [7, 11) is 0. The van der Waals surface area contributed by atoms with Crippen LogP contribution in [0, 0.1) is 0 Å². The van der Waals surface area contributed by atoms with E-state index in [1.807, 2.05) is 72.8 Å². The maximum atomic E-state index is 13.4. The summed E-state index contributed by atoms with van der Waals surface area (Å²) in [6.45, 7) is 0. The average Bonchev–Trinajstić information content (AvgIpc) is 2.83. The van der Waals surface area contributed by atoms with Crippen molar-refractivity contribution in [2.45, 2.75) is 24.7 Å². The zero-order valence-corrected chi connectivity index (χ0v) is 17.0. The normalized spacial score (nSPS) is 11.0. The lowest BCUT2D eigenvalue weighted by molar-refractivity contribution is -0.119. The predicted molar refractivity (Wildman–Crippen MR) is 124 cm³/mol. The van der Waals surface area contributed by atoms with Crippen molar-refractivity contribution in [3.8, 4) is 0 Å². The van der Waals surface area contributed by atoms with E-state index in [1.165, 1.54) is 22.3 Å². The highest BCUT2D eigenvalue weighted by Crippen LogP contribution is 2.33. The van der Waals surface area contributed by atoms with Crippen LogP contribution in [0.5, 0.6) is 0 Å². The molecule has 0 N–H and O–H groups in total. The Kier molecular flexibility index (Phi) is 6.51. The molecule has 4 aromatic carbocycles. The van der Waals surface area contributed by atoms with Gasteiger partial charge in [-0.2, -0.15) is 0 Å². The molecule has 0 aromatic heterocycles. The number of Topliss-reactive ketones (excluding diaryl/α,β-unsaturated/α-hetero) is 1. The van der Waals surface area contributed by atoms with Gasteiger partial charge in [0.2, 0.25) is 0 Å². The van der Waals surface area contributed by atoms with Gasteiger partial charge in [-0.1, -0.05) is 121 Å². The molecule has 0 aliphatic carbocycles. The Morgan fingerprint density at radius 2 is 0.667 bits per heavy atom. The van der Waals surface area contributed by atoms with Crippen LogP contribution in [0.25, 0.3) is 0 Å². The van der Waals surface area contributed by atoms with Gasteiger partial charge < -0.3 is 0 Å². The van der Waals surface area contributed by atoms with Crippen molar-refractivity contribution in [3.05, 3.63) is 144 Å². The Morgan fingerprint density at radius 3 is 0.900 bits per heavy atom. The van der Waals surface area contributed by atoms with Gasteiger partial charge in [0.05, 0.1) is 0 Å². The van der Waals surface area contributed by atoms with Crippen LogP contribution < -0.4 is 0 Å². The van der Waals surface area contributed by atoms with Crippen molar-refractivity contribution in [1.29, 1.82) is 0 Å². The van der Waals surface area contributed by atoms with Gasteiger partial charge >= 0.3 is 0 Å². The molecule has 0 amide bonds. The third-order valence-electron chi connectivity index (χ3n) is 5.67. The topological polar surface area (TPSA) is 17.1 Å². The molecule has 0 heterocycles. The lowest BCUT2D eigenvalue weighted by Gasteiger charge is -2.21. The molecule has 0 spiro atoms. The second kappa shape index (κ2) is 9.84. The number of rotatable bonds is 8. The van der Waals surface area contributed by atoms with E-state index in [2.05, 4.69) is 48.5 Å². The molecular formula is C29H26O. The molecule has 0 bridgehead atoms. The van der Waals surface area contributed by atoms with Crippen LogP contribution in [0.15, 0.2) is 121 Å². The van der Waals surface area contributed by atoms with Gasteiger partial charge in [0, 0.05) is 24.7 Å². The van der Waals surface area contributed by atoms with Gasteiger partial charge in [-0.3, -0.25) is 4.79 Å². The van der Waals surface area contributed by atoms with Crippen LogP contribution >= 0.6 is 0 Å². The van der Waals surface area contributed by atoms with Crippen molar-refractivity contribution in [2.75, 3.05) is 0 Å². The highest BCUT2D eigenvalue weighted by Gasteiger charge is 2.22. The summed E-state index contributed by atoms with van der Waals surface area (Å²) in [6, 6.07) is 41.4. The van der Waals surface area contributed by atoms with Crippen LogP contribution in [0.2, 0.25) is 0 Å². The first kappa shape index (κ1) is 19.8. The standard InChI is InChI=1S/C29H26O/c30-27(21-28(23-13-5-1-6-14-23)24-15-7-2-8-16-24)22-29(25-17-9-3-10-18-25)26-19-11-4-12-20-26/h1-20,28-29H,21-22H2. The zero-order valence-electron chi connectivity index (χ0n) is 17.0. The Bertz CT molecular complexity index is 875. The second-order valence-electron chi connectivity index (χ2n) is 7.69. The number of carbonyl (C=O) groups excluding carboxylic acids is 1. The molecule has 1 nitrogen and oxygen atoms in total. The highest BCUT2D eigenvalue weighted by molar-refractivity contribution is 5.81. The first-order valence-corrected chi connectivity index (χ1v) is 10.5. The molecule has 1 heteroatoms. The lowest BCUT2D eigenvalue weighted by Crippen LogP contribution is -2.13. The summed E-state index contributed by atoms with van der Waals surface area (Å²) < 4.78 is 0. The summed E-state index contributed by atoms with van der Waals surface area (Å²) in [5, 5.41) is 0. The quantitative estimate of drug-likeness (QED) is 0.316. The third kappa shape index (κ3) is 4.93. The fourth-order valence-corrected chi connectivity index (χ4v) is 4.14. The van der Waals surface area contributed by atoms with E-state index in [4.69, 9.17) is 0 Å². The number of benzene rings is 4. The fraction of sp³-hybridized carbons (Fsp3) is 0.138. The van der Waals surface area contributed by atoms with Gasteiger partial charge in [-0.25, -0.2) is 0 Å². The zero-order chi connectivity index (χ0) is 20.6. The van der Waals surface area contributed by atoms with Gasteiger partial charge in [0.15, 0.2) is 0 Å². The van der Waals surface area contributed by atoms with Gasteiger partial charge in [0.1, 0.15) is 5.78 Å². The number of hydrogen-bond donors (Lipinski definition) is 0. The van der Waals surface area contributed by atoms with Crippen LogP contribution in [0.4, 0.5) is 0 Å². The minimum Gasteiger partial charge on any atom is -0.300 e. The Morgan fingerprint density at radius 1 is 0.433 bits per heavy atom. The van der Waals surface area contributed by atoms with E-state index in [0.717, 1.165) is 0 Å². The van der Waals surface area contributed by atoms with Crippen LogP contribution in [-0.4, -0.2) is 5.78 Å². The van der Waals surface area contributed by atoms with Crippen molar-refractivity contribution in [2.24, 2.45) is 0 Å². The van der Waals surface area contributed by atoms with Crippen LogP contribution in [0.3, 0.4) is 0 Å². The van der Waals surface area contributed by atoms with Crippen molar-refractivity contribution in [1.82, 2.24) is 0 Å². The molecule has 0 radical (unpaired) electrons. The molecular weight excluding hydrogens is 364 g/mol. The predicted octanol–water partition coefficient (Wildman–Crippen LogP) is 7.00. The molecule has 0 saturated heterocycles. The summed E-state index contributed by atoms with van der Waals surface area (Å²) >= 11 is 0. The van der Waals surface area contributed by atoms with Gasteiger partial charge in [-0.05, 0) is 22.3 Å². The molecule has 0 aliphatic heterocycles. The molecule has 0 saturated carbocycles. The molecule has 0 atom stereocenters. The molecule has 4 aromatic rings. The number of carbonyl (C=O) groups is 1. The number of ketones is 1. The second-order valence-corrected chi connectivity index (χ2v) is 7.69. The van der Waals surface area contributed by atoms with Crippen molar-refractivity contribution in [3.63, 3.8) is 0 Å². The fourth-order valence-electron chi connectivity index (χ4n) is 4.14. The van der Waals surface area contributed by atoms with Crippen LogP contribution in [-0.2, 0) is 4.79 Å². The lowest BCUT2D eigenvalue weighted by atomic mass is 9.82. The molecule has 0 aliphatic rings. The number of hydrogen-bond acceptors (Lipinski definition) is 1. The van der Waals surface area contributed by atoms with E-state index < -0.39 is 0 Å².